The molecule has 4 aromatic heterocycles. The van der Waals surface area contributed by atoms with Crippen LogP contribution in [0.4, 0.5) is 0 Å². The molecule has 0 saturated carbocycles. The number of benzene rings is 8. The molecular weight excluding hydrogens is 701 g/mol. The maximum atomic E-state index is 9.56. The smallest absolute Gasteiger partial charge is 0.164 e. The highest BCUT2D eigenvalue weighted by molar-refractivity contribution is 6.18. The lowest BCUT2D eigenvalue weighted by molar-refractivity contribution is 0.668. The molecule has 6 nitrogen and oxygen atoms in total. The summed E-state index contributed by atoms with van der Waals surface area (Å²) in [4.78, 5) is 15.1. The molecule has 0 atom stereocenters. The van der Waals surface area contributed by atoms with E-state index in [1.807, 2.05) is 97.1 Å². The van der Waals surface area contributed by atoms with Gasteiger partial charge in [-0.3, -0.25) is 0 Å². The van der Waals surface area contributed by atoms with Gasteiger partial charge < -0.3 is 13.4 Å². The van der Waals surface area contributed by atoms with Gasteiger partial charge in [0.1, 0.15) is 22.3 Å². The second-order valence-corrected chi connectivity index (χ2v) is 13.5. The Morgan fingerprint density at radius 2 is 1.11 bits per heavy atom. The molecule has 0 radical (unpaired) electrons. The van der Waals surface area contributed by atoms with Gasteiger partial charge in [0.05, 0.1) is 37.2 Å². The minimum absolute atomic E-state index is 0.000439. The molecule has 0 saturated heterocycles. The molecule has 266 valence electrons. The average molecular weight is 742 g/mol. The minimum Gasteiger partial charge on any atom is -0.456 e. The number of fused-ring (bicyclic) bond motifs is 9. The molecule has 0 aliphatic carbocycles. The van der Waals surface area contributed by atoms with Crippen molar-refractivity contribution in [1.29, 1.82) is 0 Å². The lowest BCUT2D eigenvalue weighted by Gasteiger charge is -2.12. The van der Waals surface area contributed by atoms with Crippen molar-refractivity contribution in [2.45, 2.75) is 0 Å². The summed E-state index contributed by atoms with van der Waals surface area (Å²) in [6.45, 7) is 0. The summed E-state index contributed by atoms with van der Waals surface area (Å²) in [5.74, 6) is 0.499. The molecule has 6 heteroatoms. The third-order valence-electron chi connectivity index (χ3n) is 10.3. The average Bonchev–Trinajstić information content (AvgIpc) is 4.04. The Bertz CT molecular complexity index is 4170. The molecule has 0 spiro atoms. The van der Waals surface area contributed by atoms with E-state index in [0.29, 0.717) is 22.3 Å². The fourth-order valence-electron chi connectivity index (χ4n) is 7.82. The van der Waals surface area contributed by atoms with E-state index in [1.54, 1.807) is 0 Å². The number of para-hydroxylation sites is 3. The molecule has 57 heavy (non-hydrogen) atoms. The van der Waals surface area contributed by atoms with E-state index >= 15 is 0 Å². The molecule has 4 heterocycles. The quantitative estimate of drug-likeness (QED) is 0.176. The number of rotatable bonds is 5. The van der Waals surface area contributed by atoms with Crippen molar-refractivity contribution < 1.29 is 23.9 Å². The van der Waals surface area contributed by atoms with Crippen molar-refractivity contribution in [3.05, 3.63) is 182 Å². The summed E-state index contributed by atoms with van der Waals surface area (Å²) >= 11 is 0. The third kappa shape index (κ3) is 4.87. The summed E-state index contributed by atoms with van der Waals surface area (Å²) < 4.78 is 113. The highest BCUT2D eigenvalue weighted by atomic mass is 16.3. The van der Waals surface area contributed by atoms with Gasteiger partial charge in [-0.15, -0.1) is 0 Å². The Morgan fingerprint density at radius 1 is 0.404 bits per heavy atom. The first-order valence-corrected chi connectivity index (χ1v) is 18.1. The predicted octanol–water partition coefficient (Wildman–Crippen LogP) is 13.4. The van der Waals surface area contributed by atoms with Crippen LogP contribution in [-0.2, 0) is 0 Å². The molecule has 0 fully saturated rings. The molecule has 12 aromatic rings. The van der Waals surface area contributed by atoms with Gasteiger partial charge in [0.15, 0.2) is 17.5 Å². The maximum Gasteiger partial charge on any atom is 0.164 e. The molecule has 8 aromatic carbocycles. The van der Waals surface area contributed by atoms with E-state index in [1.165, 1.54) is 16.7 Å². The van der Waals surface area contributed by atoms with E-state index in [2.05, 4.69) is 0 Å². The van der Waals surface area contributed by atoms with Crippen molar-refractivity contribution in [2.24, 2.45) is 0 Å². The lowest BCUT2D eigenvalue weighted by Crippen LogP contribution is -2.01. The molecule has 0 amide bonds. The minimum atomic E-state index is -0.589. The summed E-state index contributed by atoms with van der Waals surface area (Å²) in [7, 11) is 0. The van der Waals surface area contributed by atoms with E-state index in [0.717, 1.165) is 28.0 Å². The van der Waals surface area contributed by atoms with Crippen molar-refractivity contribution in [3.8, 4) is 51.0 Å². The number of nitrogens with zero attached hydrogens (tertiary/aromatic N) is 4. The van der Waals surface area contributed by atoms with Gasteiger partial charge in [-0.2, -0.15) is 0 Å². The van der Waals surface area contributed by atoms with E-state index in [4.69, 9.17) is 37.5 Å². The van der Waals surface area contributed by atoms with Crippen LogP contribution in [0.15, 0.2) is 191 Å². The van der Waals surface area contributed by atoms with Crippen LogP contribution in [0.3, 0.4) is 0 Å². The zero-order valence-corrected chi connectivity index (χ0v) is 29.6. The predicted molar refractivity (Wildman–Crippen MR) is 230 cm³/mol. The monoisotopic (exact) mass is 741 g/mol. The van der Waals surface area contributed by atoms with Crippen LogP contribution < -0.4 is 0 Å². The van der Waals surface area contributed by atoms with Crippen LogP contribution in [0.2, 0.25) is 0 Å². The van der Waals surface area contributed by atoms with Crippen LogP contribution >= 0.6 is 0 Å². The molecule has 0 bridgehead atoms. The van der Waals surface area contributed by atoms with Crippen LogP contribution in [-0.4, -0.2) is 19.5 Å². The van der Waals surface area contributed by atoms with Crippen molar-refractivity contribution in [3.63, 3.8) is 0 Å². The summed E-state index contributed by atoms with van der Waals surface area (Å²) in [5.41, 5.74) is 3.81. The van der Waals surface area contributed by atoms with Gasteiger partial charge in [0.2, 0.25) is 0 Å². The van der Waals surface area contributed by atoms with Crippen LogP contribution in [0.1, 0.15) is 15.1 Å². The highest BCUT2D eigenvalue weighted by Crippen LogP contribution is 2.43. The lowest BCUT2D eigenvalue weighted by atomic mass is 9.96. The number of hydrogen-bond acceptors (Lipinski definition) is 5. The molecule has 0 unspecified atom stereocenters. The highest BCUT2D eigenvalue weighted by Gasteiger charge is 2.23. The first kappa shape index (κ1) is 22.5. The summed E-state index contributed by atoms with van der Waals surface area (Å²) in [6, 6.07) is 30.0. The van der Waals surface area contributed by atoms with Gasteiger partial charge >= 0.3 is 0 Å². The first-order valence-electron chi connectivity index (χ1n) is 23.6. The van der Waals surface area contributed by atoms with Gasteiger partial charge in [-0.05, 0) is 59.6 Å². The van der Waals surface area contributed by atoms with Gasteiger partial charge in [0.25, 0.3) is 0 Å². The van der Waals surface area contributed by atoms with E-state index < -0.39 is 30.2 Å². The fraction of sp³-hybridized carbons (Fsp3) is 0. The normalized spacial score (nSPS) is 14.6. The molecular formula is C51H30N4O2. The first-order chi connectivity index (χ1) is 32.8. The van der Waals surface area contributed by atoms with Gasteiger partial charge in [-0.25, -0.2) is 15.0 Å². The topological polar surface area (TPSA) is 69.9 Å². The standard InChI is InChI=1S/C51H30N4O2/c1-3-15-31(16-4-1)38-29-33(30-45-46(38)36-21-9-12-26-42(36)56-45)50-52-49(32-17-5-2-6-18-32)53-51(54-50)37-22-13-27-43-47(37)48-41(25-14-28-44(48)57-43)55-39-23-10-7-19-34(39)35-20-8-11-24-40(35)55/h1-30H/i7D,8D,10D,13D,14D,19D,20D,24D,25D,27D,28D. The van der Waals surface area contributed by atoms with Gasteiger partial charge in [0, 0.05) is 43.6 Å². The molecule has 0 aliphatic rings. The van der Waals surface area contributed by atoms with Crippen molar-refractivity contribution in [1.82, 2.24) is 19.5 Å². The Hall–Kier alpha value is -7.83. The van der Waals surface area contributed by atoms with Crippen molar-refractivity contribution in [2.75, 3.05) is 0 Å². The zero-order valence-electron chi connectivity index (χ0n) is 40.6. The number of furan rings is 2. The molecule has 0 N–H and O–H groups in total. The van der Waals surface area contributed by atoms with Crippen LogP contribution in [0, 0.1) is 0 Å². The second kappa shape index (κ2) is 12.3. The summed E-state index contributed by atoms with van der Waals surface area (Å²) in [6.07, 6.45) is 0. The van der Waals surface area contributed by atoms with E-state index in [9.17, 15) is 1.37 Å². The van der Waals surface area contributed by atoms with E-state index in [-0.39, 0.29) is 109 Å². The third-order valence-corrected chi connectivity index (χ3v) is 10.3. The number of hydrogen-bond donors (Lipinski definition) is 0. The molecule has 12 rings (SSSR count). The van der Waals surface area contributed by atoms with Crippen LogP contribution in [0.25, 0.3) is 117 Å². The van der Waals surface area contributed by atoms with Crippen molar-refractivity contribution >= 4 is 65.7 Å². The maximum absolute atomic E-state index is 9.56. The fourth-order valence-corrected chi connectivity index (χ4v) is 7.82. The summed E-state index contributed by atoms with van der Waals surface area (Å²) in [5, 5.41) is 1.85. The zero-order chi connectivity index (χ0) is 47.0. The molecule has 0 aliphatic heterocycles. The Morgan fingerprint density at radius 3 is 1.98 bits per heavy atom. The Kier molecular flexibility index (Phi) is 4.88. The Labute approximate surface area is 341 Å². The largest absolute Gasteiger partial charge is 0.456 e. The second-order valence-electron chi connectivity index (χ2n) is 13.5. The Balaban J connectivity index is 1.23. The SMILES string of the molecule is [2H]c1cc2c(c([2H])c1[2H])c1c([2H])c([2H])cc([2H])c1n2-c1c([2H])c([2H])c([2H])c2oc3c([2H])c([2H])cc(-c4nc(-c5ccccc5)nc(-c5cc(-c6ccccc6)c6c(c5)oc5ccccc56)n4)c3c12. The van der Waals surface area contributed by atoms with Crippen LogP contribution in [0.5, 0.6) is 0 Å². The van der Waals surface area contributed by atoms with Gasteiger partial charge in [-0.1, -0.05) is 133 Å². The number of aromatic nitrogens is 4.